The quantitative estimate of drug-likeness (QED) is 0.607. The molecule has 1 saturated carbocycles. The highest BCUT2D eigenvalue weighted by atomic mass is 14.5. The van der Waals surface area contributed by atoms with Crippen LogP contribution < -0.4 is 0 Å². The fraction of sp³-hybridized carbons (Fsp3) is 0.538. The van der Waals surface area contributed by atoms with Crippen molar-refractivity contribution in [3.63, 3.8) is 0 Å². The van der Waals surface area contributed by atoms with Crippen molar-refractivity contribution >= 4 is 0 Å². The lowest BCUT2D eigenvalue weighted by Gasteiger charge is -2.18. The molecule has 0 radical (unpaired) electrons. The number of hydrogen-bond acceptors (Lipinski definition) is 0. The van der Waals surface area contributed by atoms with Crippen LogP contribution in [0.4, 0.5) is 0 Å². The van der Waals surface area contributed by atoms with Gasteiger partial charge in [0.15, 0.2) is 0 Å². The molecule has 70 valence electrons. The molecule has 1 aliphatic carbocycles. The summed E-state index contributed by atoms with van der Waals surface area (Å²) in [4.78, 5) is 0. The van der Waals surface area contributed by atoms with Crippen LogP contribution >= 0.6 is 0 Å². The van der Waals surface area contributed by atoms with Gasteiger partial charge in [0.2, 0.25) is 0 Å². The van der Waals surface area contributed by atoms with Crippen LogP contribution in [0, 0.1) is 11.3 Å². The molecular formula is C13H18. The van der Waals surface area contributed by atoms with Crippen molar-refractivity contribution < 1.29 is 0 Å². The van der Waals surface area contributed by atoms with Gasteiger partial charge < -0.3 is 0 Å². The molecule has 0 N–H and O–H groups in total. The molecule has 13 heavy (non-hydrogen) atoms. The van der Waals surface area contributed by atoms with Gasteiger partial charge in [-0.1, -0.05) is 51.1 Å². The monoisotopic (exact) mass is 174 g/mol. The van der Waals surface area contributed by atoms with Gasteiger partial charge in [-0.05, 0) is 29.2 Å². The van der Waals surface area contributed by atoms with Crippen LogP contribution in [-0.2, 0) is 0 Å². The van der Waals surface area contributed by atoms with E-state index in [2.05, 4.69) is 51.1 Å². The van der Waals surface area contributed by atoms with E-state index in [9.17, 15) is 0 Å². The molecule has 1 unspecified atom stereocenters. The van der Waals surface area contributed by atoms with Crippen molar-refractivity contribution in [1.29, 1.82) is 0 Å². The molecule has 0 aromatic heterocycles. The highest BCUT2D eigenvalue weighted by molar-refractivity contribution is 5.26. The first-order valence-electron chi connectivity index (χ1n) is 5.14. The summed E-state index contributed by atoms with van der Waals surface area (Å²) >= 11 is 0. The Balaban J connectivity index is 2.09. The molecular weight excluding hydrogens is 156 g/mol. The molecule has 0 nitrogen and oxygen atoms in total. The van der Waals surface area contributed by atoms with Crippen LogP contribution in [0.5, 0.6) is 0 Å². The van der Waals surface area contributed by atoms with E-state index in [4.69, 9.17) is 0 Å². The van der Waals surface area contributed by atoms with E-state index in [1.54, 1.807) is 0 Å². The van der Waals surface area contributed by atoms with Gasteiger partial charge in [0.25, 0.3) is 0 Å². The molecule has 0 aliphatic heterocycles. The minimum atomic E-state index is 0.487. The van der Waals surface area contributed by atoms with Crippen molar-refractivity contribution in [2.45, 2.75) is 33.1 Å². The van der Waals surface area contributed by atoms with Crippen molar-refractivity contribution in [2.24, 2.45) is 11.3 Å². The zero-order valence-corrected chi connectivity index (χ0v) is 8.75. The first-order valence-corrected chi connectivity index (χ1v) is 5.14. The third kappa shape index (κ3) is 1.77. The molecule has 1 aromatic rings. The second-order valence-electron chi connectivity index (χ2n) is 5.23. The van der Waals surface area contributed by atoms with Gasteiger partial charge in [-0.15, -0.1) is 0 Å². The van der Waals surface area contributed by atoms with Gasteiger partial charge in [0.1, 0.15) is 0 Å². The largest absolute Gasteiger partial charge is 0.0622 e. The highest BCUT2D eigenvalue weighted by Crippen LogP contribution is 2.56. The predicted molar refractivity (Wildman–Crippen MR) is 56.7 cm³/mol. The van der Waals surface area contributed by atoms with E-state index in [-0.39, 0.29) is 0 Å². The van der Waals surface area contributed by atoms with Crippen molar-refractivity contribution in [3.05, 3.63) is 35.9 Å². The Morgan fingerprint density at radius 2 is 1.69 bits per heavy atom. The van der Waals surface area contributed by atoms with Crippen molar-refractivity contribution in [2.75, 3.05) is 0 Å². The van der Waals surface area contributed by atoms with Crippen molar-refractivity contribution in [1.82, 2.24) is 0 Å². The fourth-order valence-corrected chi connectivity index (χ4v) is 2.22. The number of rotatable bonds is 1. The van der Waals surface area contributed by atoms with Crippen LogP contribution in [0.2, 0.25) is 0 Å². The normalized spacial score (nSPS) is 27.3. The summed E-state index contributed by atoms with van der Waals surface area (Å²) < 4.78 is 0. The summed E-state index contributed by atoms with van der Waals surface area (Å²) in [6, 6.07) is 10.9. The highest BCUT2D eigenvalue weighted by Gasteiger charge is 2.45. The van der Waals surface area contributed by atoms with Crippen LogP contribution in [0.25, 0.3) is 0 Å². The SMILES string of the molecule is CC(C)(C)C1C[C@H]1c1ccccc1. The predicted octanol–water partition coefficient (Wildman–Crippen LogP) is 3.84. The van der Waals surface area contributed by atoms with Gasteiger partial charge in [-0.3, -0.25) is 0 Å². The van der Waals surface area contributed by atoms with E-state index in [1.165, 1.54) is 12.0 Å². The lowest BCUT2D eigenvalue weighted by molar-refractivity contribution is 0.343. The van der Waals surface area contributed by atoms with E-state index >= 15 is 0 Å². The zero-order valence-electron chi connectivity index (χ0n) is 8.75. The van der Waals surface area contributed by atoms with Crippen LogP contribution in [0.15, 0.2) is 30.3 Å². The van der Waals surface area contributed by atoms with Crippen LogP contribution in [-0.4, -0.2) is 0 Å². The van der Waals surface area contributed by atoms with E-state index < -0.39 is 0 Å². The van der Waals surface area contributed by atoms with Crippen molar-refractivity contribution in [3.8, 4) is 0 Å². The third-order valence-corrected chi connectivity index (χ3v) is 3.13. The van der Waals surface area contributed by atoms with Gasteiger partial charge in [0, 0.05) is 0 Å². The molecule has 1 fully saturated rings. The summed E-state index contributed by atoms with van der Waals surface area (Å²) in [6.07, 6.45) is 1.38. The minimum Gasteiger partial charge on any atom is -0.0622 e. The van der Waals surface area contributed by atoms with E-state index in [1.807, 2.05) is 0 Å². The smallest absolute Gasteiger partial charge is 0.0125 e. The van der Waals surface area contributed by atoms with Crippen LogP contribution in [0.3, 0.4) is 0 Å². The lowest BCUT2D eigenvalue weighted by Crippen LogP contribution is -2.08. The Hall–Kier alpha value is -0.780. The maximum Gasteiger partial charge on any atom is -0.0125 e. The molecule has 0 amide bonds. The average Bonchev–Trinajstić information content (AvgIpc) is 2.83. The minimum absolute atomic E-state index is 0.487. The average molecular weight is 174 g/mol. The zero-order chi connectivity index (χ0) is 9.47. The Morgan fingerprint density at radius 1 is 1.08 bits per heavy atom. The molecule has 0 saturated heterocycles. The van der Waals surface area contributed by atoms with Gasteiger partial charge >= 0.3 is 0 Å². The number of benzene rings is 1. The summed E-state index contributed by atoms with van der Waals surface area (Å²) in [7, 11) is 0. The molecule has 2 rings (SSSR count). The first kappa shape index (κ1) is 8.80. The summed E-state index contributed by atoms with van der Waals surface area (Å²) in [5.41, 5.74) is 2.02. The Labute approximate surface area is 81.0 Å². The second-order valence-corrected chi connectivity index (χ2v) is 5.23. The topological polar surface area (TPSA) is 0 Å². The van der Waals surface area contributed by atoms with Gasteiger partial charge in [-0.2, -0.15) is 0 Å². The van der Waals surface area contributed by atoms with E-state index in [0.29, 0.717) is 5.41 Å². The van der Waals surface area contributed by atoms with Gasteiger partial charge in [0.05, 0.1) is 0 Å². The lowest BCUT2D eigenvalue weighted by atomic mass is 9.88. The molecule has 0 spiro atoms. The maximum atomic E-state index is 2.35. The molecule has 0 heterocycles. The Kier molecular flexibility index (Phi) is 1.94. The van der Waals surface area contributed by atoms with Gasteiger partial charge in [-0.25, -0.2) is 0 Å². The molecule has 0 heteroatoms. The Bertz CT molecular complexity index is 279. The molecule has 1 aromatic carbocycles. The van der Waals surface area contributed by atoms with E-state index in [0.717, 1.165) is 11.8 Å². The standard InChI is InChI=1S/C13H18/c1-13(2,3)12-9-11(12)10-7-5-4-6-8-10/h4-8,11-12H,9H2,1-3H3/t11-,12?/m0/s1. The van der Waals surface area contributed by atoms with Crippen LogP contribution in [0.1, 0.15) is 38.7 Å². The first-order chi connectivity index (χ1) is 6.09. The molecule has 2 atom stereocenters. The summed E-state index contributed by atoms with van der Waals surface area (Å²) in [5.74, 6) is 1.73. The summed E-state index contributed by atoms with van der Waals surface area (Å²) in [6.45, 7) is 7.04. The fourth-order valence-electron chi connectivity index (χ4n) is 2.22. The number of hydrogen-bond donors (Lipinski definition) is 0. The molecule has 0 bridgehead atoms. The second kappa shape index (κ2) is 2.87. The maximum absolute atomic E-state index is 2.35. The Morgan fingerprint density at radius 3 is 2.15 bits per heavy atom. The molecule has 1 aliphatic rings. The summed E-state index contributed by atoms with van der Waals surface area (Å²) in [5, 5.41) is 0. The third-order valence-electron chi connectivity index (χ3n) is 3.13.